The van der Waals surface area contributed by atoms with Crippen molar-refractivity contribution in [2.24, 2.45) is 0 Å². The van der Waals surface area contributed by atoms with Crippen molar-refractivity contribution in [3.05, 3.63) is 30.3 Å². The zero-order valence-electron chi connectivity index (χ0n) is 12.4. The molecule has 120 valence electrons. The maximum atomic E-state index is 14.8. The minimum atomic E-state index is -4.18. The molecule has 1 aromatic carbocycles. The van der Waals surface area contributed by atoms with E-state index in [4.69, 9.17) is 13.6 Å². The topological polar surface area (TPSA) is 61.8 Å². The lowest BCUT2D eigenvalue weighted by atomic mass is 10.4. The van der Waals surface area contributed by atoms with Crippen LogP contribution in [0.2, 0.25) is 0 Å². The molecule has 0 amide bonds. The highest BCUT2D eigenvalue weighted by Gasteiger charge is 2.51. The van der Waals surface area contributed by atoms with Crippen molar-refractivity contribution < 1.29 is 27.1 Å². The van der Waals surface area contributed by atoms with Gasteiger partial charge in [-0.25, -0.2) is 4.39 Å². The lowest BCUT2D eigenvalue weighted by Crippen LogP contribution is -2.19. The van der Waals surface area contributed by atoms with E-state index < -0.39 is 20.6 Å². The standard InChI is InChI=1S/C13H21FO5P2/c1-4-17-20(15,12-10-8-7-9-11-12)13(14)21(16,18-5-2)19-6-3/h7-11,13H,4-6H2,1-3H3/t13-,20-/m0/s1. The van der Waals surface area contributed by atoms with Crippen molar-refractivity contribution in [1.29, 1.82) is 0 Å². The molecule has 0 unspecified atom stereocenters. The molecular formula is C13H21FO5P2. The minimum absolute atomic E-state index is 0.0153. The fourth-order valence-electron chi connectivity index (χ4n) is 1.79. The highest BCUT2D eigenvalue weighted by atomic mass is 31.2. The molecule has 0 N–H and O–H groups in total. The Balaban J connectivity index is 3.26. The summed E-state index contributed by atoms with van der Waals surface area (Å²) in [5, 5.41) is 0.152. The summed E-state index contributed by atoms with van der Waals surface area (Å²) in [4.78, 5) is 0. The predicted molar refractivity (Wildman–Crippen MR) is 81.1 cm³/mol. The second kappa shape index (κ2) is 8.21. The molecule has 5 nitrogen and oxygen atoms in total. The molecule has 0 saturated carbocycles. The van der Waals surface area contributed by atoms with E-state index in [0.29, 0.717) is 0 Å². The van der Waals surface area contributed by atoms with Crippen LogP contribution in [0.5, 0.6) is 0 Å². The van der Waals surface area contributed by atoms with E-state index in [-0.39, 0.29) is 25.1 Å². The number of benzene rings is 1. The zero-order chi connectivity index (χ0) is 15.9. The average Bonchev–Trinajstić information content (AvgIpc) is 2.48. The first-order valence-corrected chi connectivity index (χ1v) is 10.1. The Hall–Kier alpha value is -0.510. The first-order chi connectivity index (χ1) is 9.94. The molecular weight excluding hydrogens is 317 g/mol. The van der Waals surface area contributed by atoms with Crippen molar-refractivity contribution in [2.45, 2.75) is 26.4 Å². The van der Waals surface area contributed by atoms with Crippen LogP contribution in [0.15, 0.2) is 30.3 Å². The molecule has 0 radical (unpaired) electrons. The molecule has 0 aliphatic heterocycles. The van der Waals surface area contributed by atoms with Crippen molar-refractivity contribution >= 4 is 20.3 Å². The third-order valence-electron chi connectivity index (χ3n) is 2.60. The van der Waals surface area contributed by atoms with Gasteiger partial charge < -0.3 is 13.6 Å². The van der Waals surface area contributed by atoms with E-state index >= 15 is 0 Å². The van der Waals surface area contributed by atoms with Crippen LogP contribution in [-0.2, 0) is 22.7 Å². The predicted octanol–water partition coefficient (Wildman–Crippen LogP) is 4.15. The van der Waals surface area contributed by atoms with Gasteiger partial charge in [-0.05, 0) is 32.9 Å². The molecule has 0 bridgehead atoms. The van der Waals surface area contributed by atoms with Crippen LogP contribution >= 0.6 is 15.0 Å². The Morgan fingerprint density at radius 3 is 1.86 bits per heavy atom. The van der Waals surface area contributed by atoms with Crippen molar-refractivity contribution in [2.75, 3.05) is 19.8 Å². The minimum Gasteiger partial charge on any atom is -0.323 e. The van der Waals surface area contributed by atoms with Gasteiger partial charge in [-0.3, -0.25) is 9.13 Å². The smallest absolute Gasteiger partial charge is 0.323 e. The van der Waals surface area contributed by atoms with Gasteiger partial charge in [0.2, 0.25) is 0 Å². The average molecular weight is 338 g/mol. The van der Waals surface area contributed by atoms with Crippen molar-refractivity contribution in [1.82, 2.24) is 0 Å². The summed E-state index contributed by atoms with van der Waals surface area (Å²) < 4.78 is 55.4. The summed E-state index contributed by atoms with van der Waals surface area (Å²) >= 11 is 0. The van der Waals surface area contributed by atoms with Gasteiger partial charge in [-0.2, -0.15) is 0 Å². The second-order valence-corrected chi connectivity index (χ2v) is 8.92. The molecule has 0 saturated heterocycles. The van der Waals surface area contributed by atoms with Crippen LogP contribution in [0.3, 0.4) is 0 Å². The van der Waals surface area contributed by atoms with Crippen LogP contribution in [0, 0.1) is 0 Å². The molecule has 0 aliphatic carbocycles. The maximum Gasteiger partial charge on any atom is 0.374 e. The number of rotatable bonds is 9. The van der Waals surface area contributed by atoms with E-state index in [1.165, 1.54) is 12.1 Å². The fraction of sp³-hybridized carbons (Fsp3) is 0.538. The number of halogens is 1. The SMILES string of the molecule is CCOP(=O)(OCC)[C@@H](F)[P@@](=O)(OCC)c1ccccc1. The van der Waals surface area contributed by atoms with E-state index in [9.17, 15) is 13.5 Å². The molecule has 0 fully saturated rings. The quantitative estimate of drug-likeness (QED) is 0.633. The van der Waals surface area contributed by atoms with E-state index in [2.05, 4.69) is 0 Å². The van der Waals surface area contributed by atoms with E-state index in [0.717, 1.165) is 0 Å². The van der Waals surface area contributed by atoms with Crippen LogP contribution in [-0.4, -0.2) is 25.5 Å². The summed E-state index contributed by atoms with van der Waals surface area (Å²) in [7, 11) is -8.21. The largest absolute Gasteiger partial charge is 0.374 e. The number of alkyl halides is 1. The molecule has 0 heterocycles. The molecule has 2 atom stereocenters. The zero-order valence-corrected chi connectivity index (χ0v) is 14.2. The number of hydrogen-bond acceptors (Lipinski definition) is 5. The molecule has 1 aromatic rings. The molecule has 0 aliphatic rings. The summed E-state index contributed by atoms with van der Waals surface area (Å²) in [6.45, 7) is 4.70. The fourth-order valence-corrected chi connectivity index (χ4v) is 6.81. The third kappa shape index (κ3) is 4.24. The molecule has 8 heteroatoms. The Morgan fingerprint density at radius 1 is 0.952 bits per heavy atom. The van der Waals surface area contributed by atoms with Gasteiger partial charge in [0.05, 0.1) is 19.8 Å². The Labute approximate surface area is 124 Å². The van der Waals surface area contributed by atoms with Gasteiger partial charge in [0, 0.05) is 5.30 Å². The maximum absolute atomic E-state index is 14.8. The van der Waals surface area contributed by atoms with Gasteiger partial charge in [0.15, 0.2) is 0 Å². The van der Waals surface area contributed by atoms with E-state index in [1.54, 1.807) is 39.0 Å². The normalized spacial score (nSPS) is 16.4. The van der Waals surface area contributed by atoms with Crippen molar-refractivity contribution in [3.63, 3.8) is 0 Å². The van der Waals surface area contributed by atoms with Gasteiger partial charge >= 0.3 is 7.60 Å². The van der Waals surface area contributed by atoms with E-state index in [1.807, 2.05) is 0 Å². The molecule has 0 aromatic heterocycles. The third-order valence-corrected chi connectivity index (χ3v) is 8.34. The summed E-state index contributed by atoms with van der Waals surface area (Å²) in [6.07, 6.45) is 0. The van der Waals surface area contributed by atoms with Gasteiger partial charge in [0.25, 0.3) is 13.0 Å². The highest BCUT2D eigenvalue weighted by Crippen LogP contribution is 2.69. The molecule has 21 heavy (non-hydrogen) atoms. The van der Waals surface area contributed by atoms with Crippen LogP contribution in [0.25, 0.3) is 0 Å². The lowest BCUT2D eigenvalue weighted by molar-refractivity contribution is 0.198. The molecule has 0 spiro atoms. The van der Waals surface area contributed by atoms with Gasteiger partial charge in [0.1, 0.15) is 0 Å². The summed E-state index contributed by atoms with van der Waals surface area (Å²) in [5.41, 5.74) is -2.35. The first kappa shape index (κ1) is 18.5. The van der Waals surface area contributed by atoms with Crippen LogP contribution < -0.4 is 5.30 Å². The highest BCUT2D eigenvalue weighted by molar-refractivity contribution is 7.79. The van der Waals surface area contributed by atoms with Crippen LogP contribution in [0.1, 0.15) is 20.8 Å². The Morgan fingerprint density at radius 2 is 1.43 bits per heavy atom. The first-order valence-electron chi connectivity index (χ1n) is 6.77. The van der Waals surface area contributed by atoms with Gasteiger partial charge in [-0.15, -0.1) is 0 Å². The molecule has 1 rings (SSSR count). The van der Waals surface area contributed by atoms with Crippen molar-refractivity contribution in [3.8, 4) is 0 Å². The van der Waals surface area contributed by atoms with Crippen LogP contribution in [0.4, 0.5) is 4.39 Å². The lowest BCUT2D eigenvalue weighted by Gasteiger charge is -2.27. The monoisotopic (exact) mass is 338 g/mol. The summed E-state index contributed by atoms with van der Waals surface area (Å²) in [6, 6.07) is 7.88. The second-order valence-electron chi connectivity index (χ2n) is 4.04. The van der Waals surface area contributed by atoms with Gasteiger partial charge in [-0.1, -0.05) is 18.2 Å². The Bertz CT molecular complexity index is 513. The Kier molecular flexibility index (Phi) is 7.25. The number of hydrogen-bond donors (Lipinski definition) is 0. The summed E-state index contributed by atoms with van der Waals surface area (Å²) in [5.74, 6) is 0.